The van der Waals surface area contributed by atoms with Crippen LogP contribution in [0.1, 0.15) is 31.2 Å². The number of halogens is 2. The van der Waals surface area contributed by atoms with Crippen LogP contribution in [0.4, 0.5) is 0 Å². The minimum absolute atomic E-state index is 0. The van der Waals surface area contributed by atoms with Crippen molar-refractivity contribution >= 4 is 42.1 Å². The Morgan fingerprint density at radius 3 is 2.88 bits per heavy atom. The third-order valence-electron chi connectivity index (χ3n) is 4.55. The topological polar surface area (TPSA) is 72.4 Å². The van der Waals surface area contributed by atoms with Gasteiger partial charge in [0.05, 0.1) is 12.1 Å². The molecule has 1 saturated heterocycles. The molecule has 2 unspecified atom stereocenters. The van der Waals surface area contributed by atoms with Crippen LogP contribution in [0.15, 0.2) is 21.2 Å². The number of hydrogen-bond acceptors (Lipinski definition) is 5. The van der Waals surface area contributed by atoms with Crippen LogP contribution >= 0.6 is 36.2 Å². The number of aromatic nitrogens is 1. The van der Waals surface area contributed by atoms with Crippen LogP contribution < -0.4 is 5.73 Å². The normalized spacial score (nSPS) is 19.9. The Labute approximate surface area is 164 Å². The number of thiophene rings is 1. The van der Waals surface area contributed by atoms with Crippen molar-refractivity contribution in [1.29, 1.82) is 0 Å². The zero-order valence-electron chi connectivity index (χ0n) is 14.4. The van der Waals surface area contributed by atoms with Crippen molar-refractivity contribution < 1.29 is 9.21 Å². The van der Waals surface area contributed by atoms with Gasteiger partial charge in [0.1, 0.15) is 5.76 Å². The number of carbonyl (C=O) groups is 1. The molecule has 25 heavy (non-hydrogen) atoms. The number of piperidine rings is 1. The number of carbonyl (C=O) groups excluding carboxylic acids is 1. The van der Waals surface area contributed by atoms with E-state index in [-0.39, 0.29) is 43.2 Å². The lowest BCUT2D eigenvalue weighted by Crippen LogP contribution is -2.49. The summed E-state index contributed by atoms with van der Waals surface area (Å²) in [6.07, 6.45) is 2.31. The minimum Gasteiger partial charge on any atom is -0.441 e. The quantitative estimate of drug-likeness (QED) is 0.841. The standard InChI is InChI=1S/C17H23N3O2S.2ClH/c1-11-3-5-20(14(7-11)9-18)16(21)8-15-12(2)22-17(19-15)13-4-6-23-10-13;;/h4,6,10-11,14H,3,5,7-9,18H2,1-2H3;2*1H. The van der Waals surface area contributed by atoms with Gasteiger partial charge in [-0.3, -0.25) is 4.79 Å². The van der Waals surface area contributed by atoms with Gasteiger partial charge in [-0.25, -0.2) is 4.98 Å². The highest BCUT2D eigenvalue weighted by atomic mass is 35.5. The average molecular weight is 406 g/mol. The highest BCUT2D eigenvalue weighted by Crippen LogP contribution is 2.26. The first kappa shape index (κ1) is 22.0. The predicted molar refractivity (Wildman–Crippen MR) is 106 cm³/mol. The number of nitrogens with two attached hydrogens (primary N) is 1. The summed E-state index contributed by atoms with van der Waals surface area (Å²) in [6.45, 7) is 5.40. The van der Waals surface area contributed by atoms with Crippen LogP contribution in [0, 0.1) is 12.8 Å². The van der Waals surface area contributed by atoms with Gasteiger partial charge in [0.15, 0.2) is 0 Å². The molecule has 5 nitrogen and oxygen atoms in total. The number of oxazole rings is 1. The van der Waals surface area contributed by atoms with Crippen molar-refractivity contribution in [2.24, 2.45) is 11.7 Å². The van der Waals surface area contributed by atoms with Gasteiger partial charge in [-0.1, -0.05) is 6.92 Å². The molecule has 2 aromatic rings. The van der Waals surface area contributed by atoms with Gasteiger partial charge in [-0.15, -0.1) is 24.8 Å². The summed E-state index contributed by atoms with van der Waals surface area (Å²) in [7, 11) is 0. The molecular formula is C17H25Cl2N3O2S. The van der Waals surface area contributed by atoms with E-state index in [1.807, 2.05) is 28.7 Å². The van der Waals surface area contributed by atoms with E-state index in [1.165, 1.54) is 0 Å². The zero-order chi connectivity index (χ0) is 16.4. The first-order valence-electron chi connectivity index (χ1n) is 8.07. The monoisotopic (exact) mass is 405 g/mol. The maximum atomic E-state index is 12.7. The number of likely N-dealkylation sites (tertiary alicyclic amines) is 1. The second-order valence-electron chi connectivity index (χ2n) is 6.32. The van der Waals surface area contributed by atoms with Crippen molar-refractivity contribution in [2.75, 3.05) is 13.1 Å². The maximum absolute atomic E-state index is 12.7. The summed E-state index contributed by atoms with van der Waals surface area (Å²) < 4.78 is 5.72. The molecule has 0 bridgehead atoms. The number of nitrogens with zero attached hydrogens (tertiary/aromatic N) is 2. The number of aryl methyl sites for hydroxylation is 1. The molecule has 0 spiro atoms. The molecule has 2 atom stereocenters. The van der Waals surface area contributed by atoms with E-state index in [0.29, 0.717) is 24.1 Å². The molecule has 1 aliphatic heterocycles. The second kappa shape index (κ2) is 9.57. The molecule has 0 aromatic carbocycles. The molecule has 3 heterocycles. The fourth-order valence-electron chi connectivity index (χ4n) is 3.15. The Kier molecular flexibility index (Phi) is 8.41. The van der Waals surface area contributed by atoms with Crippen molar-refractivity contribution in [3.05, 3.63) is 28.3 Å². The van der Waals surface area contributed by atoms with Gasteiger partial charge in [-0.05, 0) is 37.1 Å². The van der Waals surface area contributed by atoms with Gasteiger partial charge >= 0.3 is 0 Å². The Morgan fingerprint density at radius 2 is 2.24 bits per heavy atom. The van der Waals surface area contributed by atoms with E-state index < -0.39 is 0 Å². The van der Waals surface area contributed by atoms with Gasteiger partial charge in [0.2, 0.25) is 11.8 Å². The summed E-state index contributed by atoms with van der Waals surface area (Å²) >= 11 is 1.60. The predicted octanol–water partition coefficient (Wildman–Crippen LogP) is 3.68. The van der Waals surface area contributed by atoms with E-state index in [0.717, 1.165) is 30.6 Å². The highest BCUT2D eigenvalue weighted by Gasteiger charge is 2.29. The lowest BCUT2D eigenvalue weighted by Gasteiger charge is -2.38. The highest BCUT2D eigenvalue weighted by molar-refractivity contribution is 7.08. The Morgan fingerprint density at radius 1 is 1.48 bits per heavy atom. The van der Waals surface area contributed by atoms with Crippen molar-refractivity contribution in [3.63, 3.8) is 0 Å². The van der Waals surface area contributed by atoms with Crippen LogP contribution in [0.3, 0.4) is 0 Å². The molecule has 3 rings (SSSR count). The Bertz CT molecular complexity index is 675. The molecule has 1 fully saturated rings. The number of amides is 1. The van der Waals surface area contributed by atoms with Crippen LogP contribution in [0.2, 0.25) is 0 Å². The van der Waals surface area contributed by atoms with Crippen molar-refractivity contribution in [1.82, 2.24) is 9.88 Å². The van der Waals surface area contributed by atoms with E-state index in [1.54, 1.807) is 11.3 Å². The van der Waals surface area contributed by atoms with Crippen LogP contribution in [-0.4, -0.2) is 34.9 Å². The average Bonchev–Trinajstić information content (AvgIpc) is 3.17. The molecular weight excluding hydrogens is 381 g/mol. The maximum Gasteiger partial charge on any atom is 0.229 e. The largest absolute Gasteiger partial charge is 0.441 e. The van der Waals surface area contributed by atoms with E-state index >= 15 is 0 Å². The van der Waals surface area contributed by atoms with Crippen LogP contribution in [0.25, 0.3) is 11.5 Å². The molecule has 140 valence electrons. The van der Waals surface area contributed by atoms with Gasteiger partial charge in [0, 0.05) is 30.1 Å². The Balaban J connectivity index is 0.00000156. The summed E-state index contributed by atoms with van der Waals surface area (Å²) in [5.74, 6) is 2.04. The third-order valence-corrected chi connectivity index (χ3v) is 5.23. The van der Waals surface area contributed by atoms with Crippen molar-refractivity contribution in [3.8, 4) is 11.5 Å². The van der Waals surface area contributed by atoms with Crippen molar-refractivity contribution in [2.45, 2.75) is 39.2 Å². The van der Waals surface area contributed by atoms with Crippen LogP contribution in [0.5, 0.6) is 0 Å². The lowest BCUT2D eigenvalue weighted by molar-refractivity contribution is -0.134. The first-order chi connectivity index (χ1) is 11.1. The van der Waals surface area contributed by atoms with E-state index in [2.05, 4.69) is 11.9 Å². The smallest absolute Gasteiger partial charge is 0.229 e. The molecule has 2 aromatic heterocycles. The molecule has 1 aliphatic rings. The van der Waals surface area contributed by atoms with Gasteiger partial charge < -0.3 is 15.1 Å². The molecule has 0 aliphatic carbocycles. The molecule has 0 saturated carbocycles. The van der Waals surface area contributed by atoms with Crippen LogP contribution in [-0.2, 0) is 11.2 Å². The van der Waals surface area contributed by atoms with Gasteiger partial charge in [0.25, 0.3) is 0 Å². The number of rotatable bonds is 4. The summed E-state index contributed by atoms with van der Waals surface area (Å²) in [6, 6.07) is 2.12. The Hall–Kier alpha value is -1.08. The number of hydrogen-bond donors (Lipinski definition) is 1. The molecule has 2 N–H and O–H groups in total. The second-order valence-corrected chi connectivity index (χ2v) is 7.10. The van der Waals surface area contributed by atoms with E-state index in [4.69, 9.17) is 10.2 Å². The fourth-order valence-corrected chi connectivity index (χ4v) is 3.78. The fraction of sp³-hybridized carbons (Fsp3) is 0.529. The minimum atomic E-state index is 0. The lowest BCUT2D eigenvalue weighted by atomic mass is 9.92. The molecule has 8 heteroatoms. The summed E-state index contributed by atoms with van der Waals surface area (Å²) in [5, 5.41) is 3.98. The summed E-state index contributed by atoms with van der Waals surface area (Å²) in [4.78, 5) is 19.1. The SMILES string of the molecule is Cc1oc(-c2ccsc2)nc1CC(=O)N1CCC(C)CC1CN.Cl.Cl. The van der Waals surface area contributed by atoms with Gasteiger partial charge in [-0.2, -0.15) is 11.3 Å². The third kappa shape index (κ3) is 4.97. The molecule has 1 amide bonds. The molecule has 0 radical (unpaired) electrons. The zero-order valence-corrected chi connectivity index (χ0v) is 16.9. The summed E-state index contributed by atoms with van der Waals surface area (Å²) in [5.41, 5.74) is 7.55. The van der Waals surface area contributed by atoms with E-state index in [9.17, 15) is 4.79 Å². The first-order valence-corrected chi connectivity index (χ1v) is 9.01.